The van der Waals surface area contributed by atoms with Gasteiger partial charge in [0.15, 0.2) is 11.6 Å². The summed E-state index contributed by atoms with van der Waals surface area (Å²) in [5.41, 5.74) is 1.00. The van der Waals surface area contributed by atoms with Gasteiger partial charge in [-0.05, 0) is 48.4 Å². The molecule has 0 heterocycles. The van der Waals surface area contributed by atoms with Crippen LogP contribution < -0.4 is 4.74 Å². The van der Waals surface area contributed by atoms with Gasteiger partial charge in [-0.15, -0.1) is 0 Å². The zero-order valence-electron chi connectivity index (χ0n) is 13.1. The van der Waals surface area contributed by atoms with Crippen molar-refractivity contribution in [2.45, 2.75) is 45.2 Å². The Balaban J connectivity index is 2.20. The van der Waals surface area contributed by atoms with Crippen molar-refractivity contribution in [3.05, 3.63) is 35.4 Å². The van der Waals surface area contributed by atoms with Crippen molar-refractivity contribution in [1.82, 2.24) is 0 Å². The molecule has 0 amide bonds. The first-order valence-electron chi connectivity index (χ1n) is 7.69. The quantitative estimate of drug-likeness (QED) is 0.413. The summed E-state index contributed by atoms with van der Waals surface area (Å²) in [6.45, 7) is 2.09. The summed E-state index contributed by atoms with van der Waals surface area (Å²) in [4.78, 5) is 10.7. The van der Waals surface area contributed by atoms with Gasteiger partial charge < -0.3 is 4.74 Å². The van der Waals surface area contributed by atoms with Crippen LogP contribution >= 0.6 is 0 Å². The fourth-order valence-corrected chi connectivity index (χ4v) is 2.81. The van der Waals surface area contributed by atoms with Crippen LogP contribution in [0, 0.1) is 17.6 Å². The van der Waals surface area contributed by atoms with Crippen LogP contribution in [0.3, 0.4) is 0 Å². The fourth-order valence-electron chi connectivity index (χ4n) is 2.81. The first-order chi connectivity index (χ1) is 11.2. The third kappa shape index (κ3) is 4.33. The van der Waals surface area contributed by atoms with Crippen LogP contribution in [0.5, 0.6) is 5.75 Å². The van der Waals surface area contributed by atoms with Gasteiger partial charge in [0.2, 0.25) is 5.75 Å². The highest BCUT2D eigenvalue weighted by Gasteiger charge is 2.42. The summed E-state index contributed by atoms with van der Waals surface area (Å²) in [7, 11) is 0. The normalized spacial score (nSPS) is 18.2. The Labute approximate surface area is 136 Å². The second kappa shape index (κ2) is 7.32. The van der Waals surface area contributed by atoms with Gasteiger partial charge >= 0.3 is 12.1 Å². The number of hydrogen-bond donors (Lipinski definition) is 0. The van der Waals surface area contributed by atoms with Gasteiger partial charge in [0.25, 0.3) is 0 Å². The Kier molecular flexibility index (Phi) is 5.62. The average molecular weight is 348 g/mol. The minimum absolute atomic E-state index is 0.256. The number of benzene rings is 1. The second-order valence-electron chi connectivity index (χ2n) is 5.81. The van der Waals surface area contributed by atoms with E-state index < -0.39 is 29.5 Å². The summed E-state index contributed by atoms with van der Waals surface area (Å²) in [6.07, 6.45) is 1.07. The molecule has 0 saturated heterocycles. The van der Waals surface area contributed by atoms with Gasteiger partial charge in [-0.3, -0.25) is 0 Å². The molecule has 0 N–H and O–H groups in total. The SMILES string of the molecule is CCCC1CC=C(c2cc(F)c(OC(=O)C(F)(F)F)c(F)c2)CC1. The molecule has 0 aliphatic heterocycles. The molecule has 2 rings (SSSR count). The van der Waals surface area contributed by atoms with E-state index in [0.29, 0.717) is 12.3 Å². The zero-order valence-corrected chi connectivity index (χ0v) is 13.1. The average Bonchev–Trinajstić information content (AvgIpc) is 2.50. The molecule has 132 valence electrons. The summed E-state index contributed by atoms with van der Waals surface area (Å²) in [6, 6.07) is 1.79. The summed E-state index contributed by atoms with van der Waals surface area (Å²) in [5.74, 6) is -6.12. The molecule has 0 radical (unpaired) electrons. The van der Waals surface area contributed by atoms with Crippen molar-refractivity contribution in [2.75, 3.05) is 0 Å². The molecule has 24 heavy (non-hydrogen) atoms. The molecule has 0 spiro atoms. The number of alkyl halides is 3. The lowest BCUT2D eigenvalue weighted by molar-refractivity contribution is -0.190. The van der Waals surface area contributed by atoms with Crippen molar-refractivity contribution in [3.8, 4) is 5.75 Å². The number of ether oxygens (including phenoxy) is 1. The maximum atomic E-state index is 13.9. The van der Waals surface area contributed by atoms with E-state index in [1.807, 2.05) is 6.08 Å². The van der Waals surface area contributed by atoms with Gasteiger partial charge in [-0.2, -0.15) is 13.2 Å². The van der Waals surface area contributed by atoms with E-state index in [4.69, 9.17) is 0 Å². The summed E-state index contributed by atoms with van der Waals surface area (Å²) < 4.78 is 68.0. The van der Waals surface area contributed by atoms with Crippen molar-refractivity contribution < 1.29 is 31.5 Å². The van der Waals surface area contributed by atoms with Crippen LogP contribution in [0.25, 0.3) is 5.57 Å². The van der Waals surface area contributed by atoms with Gasteiger partial charge in [0, 0.05) is 0 Å². The molecule has 1 unspecified atom stereocenters. The van der Waals surface area contributed by atoms with Crippen LogP contribution in [-0.2, 0) is 4.79 Å². The van der Waals surface area contributed by atoms with Crippen molar-refractivity contribution >= 4 is 11.5 Å². The van der Waals surface area contributed by atoms with Crippen molar-refractivity contribution in [3.63, 3.8) is 0 Å². The monoisotopic (exact) mass is 348 g/mol. The molecule has 2 nitrogen and oxygen atoms in total. The van der Waals surface area contributed by atoms with Crippen LogP contribution in [0.15, 0.2) is 18.2 Å². The van der Waals surface area contributed by atoms with Gasteiger partial charge in [0.05, 0.1) is 0 Å². The molecule has 1 aliphatic carbocycles. The first kappa shape index (κ1) is 18.4. The molecule has 0 fully saturated rings. The fraction of sp³-hybridized carbons (Fsp3) is 0.471. The minimum Gasteiger partial charge on any atom is -0.414 e. The highest BCUT2D eigenvalue weighted by Crippen LogP contribution is 2.35. The molecule has 1 aromatic rings. The Morgan fingerprint density at radius 3 is 2.33 bits per heavy atom. The second-order valence-corrected chi connectivity index (χ2v) is 5.81. The maximum Gasteiger partial charge on any atom is 0.491 e. The molecular formula is C17H17F5O2. The lowest BCUT2D eigenvalue weighted by Gasteiger charge is -2.22. The van der Waals surface area contributed by atoms with E-state index in [-0.39, 0.29) is 5.56 Å². The first-order valence-corrected chi connectivity index (χ1v) is 7.69. The number of carbonyl (C=O) groups excluding carboxylic acids is 1. The highest BCUT2D eigenvalue weighted by molar-refractivity contribution is 5.78. The summed E-state index contributed by atoms with van der Waals surface area (Å²) in [5, 5.41) is 0. The topological polar surface area (TPSA) is 26.3 Å². The van der Waals surface area contributed by atoms with Crippen LogP contribution in [0.1, 0.15) is 44.6 Å². The molecule has 0 saturated carbocycles. The van der Waals surface area contributed by atoms with E-state index in [1.54, 1.807) is 0 Å². The van der Waals surface area contributed by atoms with E-state index in [1.165, 1.54) is 0 Å². The van der Waals surface area contributed by atoms with Gasteiger partial charge in [-0.25, -0.2) is 13.6 Å². The zero-order chi connectivity index (χ0) is 17.9. The Morgan fingerprint density at radius 1 is 1.25 bits per heavy atom. The standard InChI is InChI=1S/C17H17F5O2/c1-2-3-10-4-6-11(7-5-10)12-8-13(18)15(14(19)9-12)24-16(23)17(20,21)22/h6,8-10H,2-5,7H2,1H3. The third-order valence-electron chi connectivity index (χ3n) is 4.01. The largest absolute Gasteiger partial charge is 0.491 e. The lowest BCUT2D eigenvalue weighted by atomic mass is 9.84. The van der Waals surface area contributed by atoms with Gasteiger partial charge in [-0.1, -0.05) is 25.8 Å². The number of rotatable bonds is 4. The third-order valence-corrected chi connectivity index (χ3v) is 4.01. The maximum absolute atomic E-state index is 13.9. The highest BCUT2D eigenvalue weighted by atomic mass is 19.4. The smallest absolute Gasteiger partial charge is 0.414 e. The molecule has 1 atom stereocenters. The molecule has 0 bridgehead atoms. The predicted molar refractivity (Wildman–Crippen MR) is 78.3 cm³/mol. The minimum atomic E-state index is -5.32. The molecule has 0 aromatic heterocycles. The van der Waals surface area contributed by atoms with Crippen LogP contribution in [-0.4, -0.2) is 12.1 Å². The number of halogens is 5. The van der Waals surface area contributed by atoms with E-state index in [2.05, 4.69) is 11.7 Å². The summed E-state index contributed by atoms with van der Waals surface area (Å²) >= 11 is 0. The van der Waals surface area contributed by atoms with E-state index >= 15 is 0 Å². The Bertz CT molecular complexity index is 626. The van der Waals surface area contributed by atoms with Crippen molar-refractivity contribution in [1.29, 1.82) is 0 Å². The Hall–Kier alpha value is -1.92. The van der Waals surface area contributed by atoms with Crippen LogP contribution in [0.2, 0.25) is 0 Å². The number of allylic oxidation sites excluding steroid dienone is 2. The predicted octanol–water partition coefficient (Wildman–Crippen LogP) is 5.42. The number of hydrogen-bond acceptors (Lipinski definition) is 2. The van der Waals surface area contributed by atoms with E-state index in [9.17, 15) is 26.7 Å². The molecular weight excluding hydrogens is 331 g/mol. The number of esters is 1. The van der Waals surface area contributed by atoms with Crippen LogP contribution in [0.4, 0.5) is 22.0 Å². The molecule has 1 aromatic carbocycles. The van der Waals surface area contributed by atoms with E-state index in [0.717, 1.165) is 43.4 Å². The lowest BCUT2D eigenvalue weighted by Crippen LogP contribution is -2.28. The molecule has 1 aliphatic rings. The Morgan fingerprint density at radius 2 is 1.88 bits per heavy atom. The van der Waals surface area contributed by atoms with Gasteiger partial charge in [0.1, 0.15) is 0 Å². The number of carbonyl (C=O) groups is 1. The molecule has 7 heteroatoms. The van der Waals surface area contributed by atoms with Crippen molar-refractivity contribution in [2.24, 2.45) is 5.92 Å².